The molecule has 2 rings (SSSR count). The van der Waals surface area contributed by atoms with Gasteiger partial charge in [-0.2, -0.15) is 0 Å². The Hall–Kier alpha value is -1.06. The summed E-state index contributed by atoms with van der Waals surface area (Å²) in [6.07, 6.45) is 5.80. The van der Waals surface area contributed by atoms with Gasteiger partial charge in [0.05, 0.1) is 0 Å². The van der Waals surface area contributed by atoms with Crippen LogP contribution in [0.5, 0.6) is 0 Å². The summed E-state index contributed by atoms with van der Waals surface area (Å²) in [6, 6.07) is -0.578. The molecule has 1 saturated carbocycles. The number of carbonyl (C=O) groups excluding carboxylic acids is 2. The summed E-state index contributed by atoms with van der Waals surface area (Å²) >= 11 is 0. The molecule has 17 heavy (non-hydrogen) atoms. The molecule has 0 aromatic rings. The SMILES string of the molecule is CCN1C(=O)C(C)NC(=O)C1C1CCCCC1. The minimum Gasteiger partial charge on any atom is -0.343 e. The van der Waals surface area contributed by atoms with Gasteiger partial charge in [-0.3, -0.25) is 9.59 Å². The van der Waals surface area contributed by atoms with Gasteiger partial charge in [-0.15, -0.1) is 0 Å². The number of hydrogen-bond donors (Lipinski definition) is 1. The molecule has 0 radical (unpaired) electrons. The van der Waals surface area contributed by atoms with Crippen LogP contribution in [-0.2, 0) is 9.59 Å². The zero-order valence-electron chi connectivity index (χ0n) is 10.7. The second-order valence-electron chi connectivity index (χ2n) is 5.20. The van der Waals surface area contributed by atoms with Crippen LogP contribution in [0.1, 0.15) is 46.0 Å². The zero-order chi connectivity index (χ0) is 12.4. The molecule has 1 heterocycles. The molecule has 0 spiro atoms. The Morgan fingerprint density at radius 3 is 2.47 bits per heavy atom. The first kappa shape index (κ1) is 12.4. The maximum atomic E-state index is 12.1. The summed E-state index contributed by atoms with van der Waals surface area (Å²) in [5, 5.41) is 2.81. The lowest BCUT2D eigenvalue weighted by Crippen LogP contribution is -2.64. The minimum absolute atomic E-state index is 0.0471. The van der Waals surface area contributed by atoms with Crippen molar-refractivity contribution in [2.75, 3.05) is 6.54 Å². The summed E-state index contributed by atoms with van der Waals surface area (Å²) in [7, 11) is 0. The molecule has 4 heteroatoms. The van der Waals surface area contributed by atoms with Crippen LogP contribution in [0.25, 0.3) is 0 Å². The fraction of sp³-hybridized carbons (Fsp3) is 0.846. The van der Waals surface area contributed by atoms with Crippen LogP contribution in [0, 0.1) is 5.92 Å². The van der Waals surface area contributed by atoms with E-state index in [0.717, 1.165) is 12.8 Å². The quantitative estimate of drug-likeness (QED) is 0.788. The smallest absolute Gasteiger partial charge is 0.245 e. The average molecular weight is 238 g/mol. The molecule has 96 valence electrons. The highest BCUT2D eigenvalue weighted by molar-refractivity contribution is 5.96. The number of piperazine rings is 1. The Kier molecular flexibility index (Phi) is 3.69. The van der Waals surface area contributed by atoms with Gasteiger partial charge in [-0.25, -0.2) is 0 Å². The summed E-state index contributed by atoms with van der Waals surface area (Å²) in [5.74, 6) is 0.480. The molecule has 2 amide bonds. The van der Waals surface area contributed by atoms with Crippen LogP contribution in [0.2, 0.25) is 0 Å². The summed E-state index contributed by atoms with van der Waals surface area (Å²) in [4.78, 5) is 26.0. The number of nitrogens with one attached hydrogen (secondary N) is 1. The second-order valence-corrected chi connectivity index (χ2v) is 5.20. The third-order valence-corrected chi connectivity index (χ3v) is 4.05. The molecule has 2 unspecified atom stereocenters. The summed E-state index contributed by atoms with van der Waals surface area (Å²) in [5.41, 5.74) is 0. The first-order valence-corrected chi connectivity index (χ1v) is 6.76. The normalized spacial score (nSPS) is 31.5. The van der Waals surface area contributed by atoms with E-state index in [1.54, 1.807) is 11.8 Å². The van der Waals surface area contributed by atoms with Crippen molar-refractivity contribution in [3.8, 4) is 0 Å². The molecule has 1 aliphatic carbocycles. The Bertz CT molecular complexity index is 311. The first-order chi connectivity index (χ1) is 8.15. The topological polar surface area (TPSA) is 49.4 Å². The average Bonchev–Trinajstić information content (AvgIpc) is 2.34. The maximum Gasteiger partial charge on any atom is 0.245 e. The number of nitrogens with zero attached hydrogens (tertiary/aromatic N) is 1. The molecule has 4 nitrogen and oxygen atoms in total. The second kappa shape index (κ2) is 5.07. The Morgan fingerprint density at radius 2 is 1.88 bits per heavy atom. The molecule has 2 aliphatic rings. The van der Waals surface area contributed by atoms with Gasteiger partial charge in [0.2, 0.25) is 11.8 Å². The predicted molar refractivity (Wildman–Crippen MR) is 65.4 cm³/mol. The summed E-state index contributed by atoms with van der Waals surface area (Å²) in [6.45, 7) is 4.36. The van der Waals surface area contributed by atoms with Crippen LogP contribution in [-0.4, -0.2) is 35.3 Å². The van der Waals surface area contributed by atoms with E-state index in [1.807, 2.05) is 6.92 Å². The molecule has 0 bridgehead atoms. The third kappa shape index (κ3) is 2.31. The number of rotatable bonds is 2. The Labute approximate surface area is 103 Å². The van der Waals surface area contributed by atoms with E-state index < -0.39 is 0 Å². The van der Waals surface area contributed by atoms with Crippen molar-refractivity contribution >= 4 is 11.8 Å². The monoisotopic (exact) mass is 238 g/mol. The highest BCUT2D eigenvalue weighted by Crippen LogP contribution is 2.30. The largest absolute Gasteiger partial charge is 0.343 e. The molecule has 0 aromatic carbocycles. The fourth-order valence-electron chi connectivity index (χ4n) is 3.16. The van der Waals surface area contributed by atoms with Gasteiger partial charge >= 0.3 is 0 Å². The van der Waals surface area contributed by atoms with Crippen molar-refractivity contribution in [1.82, 2.24) is 10.2 Å². The Morgan fingerprint density at radius 1 is 1.24 bits per heavy atom. The van der Waals surface area contributed by atoms with E-state index in [1.165, 1.54) is 19.3 Å². The molecule has 1 aliphatic heterocycles. The highest BCUT2D eigenvalue weighted by atomic mass is 16.2. The van der Waals surface area contributed by atoms with Crippen molar-refractivity contribution in [2.45, 2.75) is 58.0 Å². The van der Waals surface area contributed by atoms with E-state index in [4.69, 9.17) is 0 Å². The third-order valence-electron chi connectivity index (χ3n) is 4.05. The first-order valence-electron chi connectivity index (χ1n) is 6.76. The highest BCUT2D eigenvalue weighted by Gasteiger charge is 2.42. The number of hydrogen-bond acceptors (Lipinski definition) is 2. The molecule has 2 atom stereocenters. The van der Waals surface area contributed by atoms with E-state index in [0.29, 0.717) is 12.5 Å². The molecule has 2 fully saturated rings. The fourth-order valence-corrected chi connectivity index (χ4v) is 3.16. The van der Waals surface area contributed by atoms with Gasteiger partial charge < -0.3 is 10.2 Å². The zero-order valence-corrected chi connectivity index (χ0v) is 10.7. The maximum absolute atomic E-state index is 12.1. The van der Waals surface area contributed by atoms with E-state index in [2.05, 4.69) is 5.32 Å². The van der Waals surface area contributed by atoms with Crippen LogP contribution >= 0.6 is 0 Å². The van der Waals surface area contributed by atoms with Crippen LogP contribution < -0.4 is 5.32 Å². The molecule has 1 saturated heterocycles. The van der Waals surface area contributed by atoms with Crippen molar-refractivity contribution < 1.29 is 9.59 Å². The van der Waals surface area contributed by atoms with Gasteiger partial charge in [0.15, 0.2) is 0 Å². The van der Waals surface area contributed by atoms with Gasteiger partial charge in [0, 0.05) is 6.54 Å². The van der Waals surface area contributed by atoms with Gasteiger partial charge in [0.1, 0.15) is 12.1 Å². The lowest BCUT2D eigenvalue weighted by atomic mass is 9.81. The van der Waals surface area contributed by atoms with Gasteiger partial charge in [-0.1, -0.05) is 19.3 Å². The molecule has 0 aromatic heterocycles. The number of likely N-dealkylation sites (N-methyl/N-ethyl adjacent to an activating group) is 1. The van der Waals surface area contributed by atoms with Gasteiger partial charge in [0.25, 0.3) is 0 Å². The predicted octanol–water partition coefficient (Wildman–Crippen LogP) is 1.30. The lowest BCUT2D eigenvalue weighted by molar-refractivity contribution is -0.151. The minimum atomic E-state index is -0.359. The van der Waals surface area contributed by atoms with Crippen LogP contribution in [0.4, 0.5) is 0 Å². The van der Waals surface area contributed by atoms with Crippen molar-refractivity contribution in [1.29, 1.82) is 0 Å². The van der Waals surface area contributed by atoms with Crippen molar-refractivity contribution in [3.05, 3.63) is 0 Å². The number of carbonyl (C=O) groups is 2. The standard InChI is InChI=1S/C13H22N2O2/c1-3-15-11(10-7-5-4-6-8-10)12(16)14-9(2)13(15)17/h9-11H,3-8H2,1-2H3,(H,14,16). The van der Waals surface area contributed by atoms with Crippen molar-refractivity contribution in [2.24, 2.45) is 5.92 Å². The molecular formula is C13H22N2O2. The van der Waals surface area contributed by atoms with E-state index in [-0.39, 0.29) is 23.9 Å². The number of amides is 2. The van der Waals surface area contributed by atoms with E-state index >= 15 is 0 Å². The molecular weight excluding hydrogens is 216 g/mol. The Balaban J connectivity index is 2.16. The van der Waals surface area contributed by atoms with E-state index in [9.17, 15) is 9.59 Å². The van der Waals surface area contributed by atoms with Crippen LogP contribution in [0.15, 0.2) is 0 Å². The lowest BCUT2D eigenvalue weighted by Gasteiger charge is -2.42. The van der Waals surface area contributed by atoms with Gasteiger partial charge in [-0.05, 0) is 32.6 Å². The molecule has 1 N–H and O–H groups in total. The summed E-state index contributed by atoms with van der Waals surface area (Å²) < 4.78 is 0. The van der Waals surface area contributed by atoms with Crippen LogP contribution in [0.3, 0.4) is 0 Å². The van der Waals surface area contributed by atoms with Crippen molar-refractivity contribution in [3.63, 3.8) is 0 Å².